The smallest absolute Gasteiger partial charge is 0.234 e. The minimum absolute atomic E-state index is 0.0815. The molecule has 0 aliphatic carbocycles. The fraction of sp³-hybridized carbons (Fsp3) is 0.700. The number of carbonyl (C=O) groups is 1. The Labute approximate surface area is 79.5 Å². The highest BCUT2D eigenvalue weighted by Gasteiger charge is 2.17. The largest absolute Gasteiger partial charge is 0.340 e. The van der Waals surface area contributed by atoms with Crippen LogP contribution >= 0.6 is 0 Å². The van der Waals surface area contributed by atoms with Gasteiger partial charge in [0.1, 0.15) is 0 Å². The van der Waals surface area contributed by atoms with Gasteiger partial charge in [0.25, 0.3) is 0 Å². The third-order valence-corrected chi connectivity index (χ3v) is 2.19. The highest BCUT2D eigenvalue weighted by Crippen LogP contribution is 2.03. The van der Waals surface area contributed by atoms with Crippen LogP contribution in [0.25, 0.3) is 0 Å². The van der Waals surface area contributed by atoms with E-state index in [1.54, 1.807) is 0 Å². The van der Waals surface area contributed by atoms with Crippen LogP contribution < -0.4 is 5.32 Å². The maximum absolute atomic E-state index is 11.5. The van der Waals surface area contributed by atoms with Crippen molar-refractivity contribution in [2.75, 3.05) is 26.2 Å². The Morgan fingerprint density at radius 1 is 1.77 bits per heavy atom. The molecule has 1 amide bonds. The first-order valence-electron chi connectivity index (χ1n) is 4.66. The Kier molecular flexibility index (Phi) is 3.78. The molecule has 0 aromatic rings. The Balaban J connectivity index is 2.48. The lowest BCUT2D eigenvalue weighted by atomic mass is 10.2. The minimum Gasteiger partial charge on any atom is -0.340 e. The van der Waals surface area contributed by atoms with Crippen LogP contribution in [-0.4, -0.2) is 37.0 Å². The van der Waals surface area contributed by atoms with Crippen molar-refractivity contribution in [3.63, 3.8) is 0 Å². The van der Waals surface area contributed by atoms with E-state index >= 15 is 0 Å². The molecule has 1 saturated heterocycles. The summed E-state index contributed by atoms with van der Waals surface area (Å²) >= 11 is 0. The molecule has 3 heteroatoms. The first-order valence-corrected chi connectivity index (χ1v) is 4.66. The molecule has 13 heavy (non-hydrogen) atoms. The van der Waals surface area contributed by atoms with E-state index in [0.29, 0.717) is 5.92 Å². The third-order valence-electron chi connectivity index (χ3n) is 2.19. The van der Waals surface area contributed by atoms with Gasteiger partial charge in [-0.2, -0.15) is 0 Å². The molecule has 1 N–H and O–H groups in total. The standard InChI is InChI=1S/C10H16N2O/c1-3-4-10(13)12-6-5-11-7-9(2)8-12/h1,9,11H,4-8H2,2H3. The summed E-state index contributed by atoms with van der Waals surface area (Å²) in [6.45, 7) is 5.60. The van der Waals surface area contributed by atoms with Crippen molar-refractivity contribution in [2.24, 2.45) is 5.92 Å². The SMILES string of the molecule is C#CCC(=O)N1CCNCC(C)C1. The third kappa shape index (κ3) is 3.08. The van der Waals surface area contributed by atoms with Crippen LogP contribution in [0.4, 0.5) is 0 Å². The van der Waals surface area contributed by atoms with Gasteiger partial charge in [-0.3, -0.25) is 4.79 Å². The Morgan fingerprint density at radius 2 is 2.54 bits per heavy atom. The molecule has 1 fully saturated rings. The summed E-state index contributed by atoms with van der Waals surface area (Å²) in [4.78, 5) is 13.3. The van der Waals surface area contributed by atoms with Gasteiger partial charge in [-0.1, -0.05) is 12.8 Å². The number of hydrogen-bond donors (Lipinski definition) is 1. The summed E-state index contributed by atoms with van der Waals surface area (Å²) in [7, 11) is 0. The lowest BCUT2D eigenvalue weighted by Gasteiger charge is -2.21. The summed E-state index contributed by atoms with van der Waals surface area (Å²) in [5, 5.41) is 3.28. The molecular weight excluding hydrogens is 164 g/mol. The number of nitrogens with zero attached hydrogens (tertiary/aromatic N) is 1. The van der Waals surface area contributed by atoms with Gasteiger partial charge in [0.2, 0.25) is 5.91 Å². The molecule has 3 nitrogen and oxygen atoms in total. The van der Waals surface area contributed by atoms with Gasteiger partial charge < -0.3 is 10.2 Å². The van der Waals surface area contributed by atoms with Crippen LogP contribution in [0.1, 0.15) is 13.3 Å². The van der Waals surface area contributed by atoms with E-state index < -0.39 is 0 Å². The van der Waals surface area contributed by atoms with Gasteiger partial charge in [-0.05, 0) is 12.5 Å². The van der Waals surface area contributed by atoms with Gasteiger partial charge in [0.15, 0.2) is 0 Å². The second kappa shape index (κ2) is 4.88. The van der Waals surface area contributed by atoms with E-state index in [9.17, 15) is 4.79 Å². The first-order chi connectivity index (χ1) is 6.24. The molecule has 72 valence electrons. The van der Waals surface area contributed by atoms with Crippen molar-refractivity contribution in [3.05, 3.63) is 0 Å². The van der Waals surface area contributed by atoms with Gasteiger partial charge in [0, 0.05) is 19.6 Å². The predicted molar refractivity (Wildman–Crippen MR) is 52.1 cm³/mol. The zero-order valence-electron chi connectivity index (χ0n) is 8.05. The van der Waals surface area contributed by atoms with Gasteiger partial charge in [0.05, 0.1) is 6.42 Å². The van der Waals surface area contributed by atoms with Crippen LogP contribution in [0.3, 0.4) is 0 Å². The quantitative estimate of drug-likeness (QED) is 0.579. The maximum Gasteiger partial charge on any atom is 0.234 e. The number of amides is 1. The second-order valence-electron chi connectivity index (χ2n) is 3.53. The summed E-state index contributed by atoms with van der Waals surface area (Å²) in [5.74, 6) is 2.99. The minimum atomic E-state index is 0.0815. The molecule has 1 aliphatic rings. The van der Waals surface area contributed by atoms with Crippen LogP contribution in [0.2, 0.25) is 0 Å². The van der Waals surface area contributed by atoms with Crippen molar-refractivity contribution >= 4 is 5.91 Å². The van der Waals surface area contributed by atoms with Gasteiger partial charge >= 0.3 is 0 Å². The zero-order valence-corrected chi connectivity index (χ0v) is 8.05. The molecule has 0 aromatic carbocycles. The Bertz CT molecular complexity index is 219. The number of terminal acetylenes is 1. The normalized spacial score (nSPS) is 23.4. The second-order valence-corrected chi connectivity index (χ2v) is 3.53. The van der Waals surface area contributed by atoms with Gasteiger partial charge in [-0.15, -0.1) is 6.42 Å². The summed E-state index contributed by atoms with van der Waals surface area (Å²) < 4.78 is 0. The number of nitrogens with one attached hydrogen (secondary N) is 1. The lowest BCUT2D eigenvalue weighted by Crippen LogP contribution is -2.35. The van der Waals surface area contributed by atoms with E-state index in [-0.39, 0.29) is 12.3 Å². The number of rotatable bonds is 1. The average molecular weight is 180 g/mol. The predicted octanol–water partition coefficient (Wildman–Crippen LogP) is 0.0776. The van der Waals surface area contributed by atoms with Crippen LogP contribution in [0.15, 0.2) is 0 Å². The number of carbonyl (C=O) groups excluding carboxylic acids is 1. The van der Waals surface area contributed by atoms with E-state index in [4.69, 9.17) is 6.42 Å². The summed E-state index contributed by atoms with van der Waals surface area (Å²) in [6.07, 6.45) is 5.33. The Morgan fingerprint density at radius 3 is 3.23 bits per heavy atom. The van der Waals surface area contributed by atoms with Crippen molar-refractivity contribution in [1.82, 2.24) is 10.2 Å². The van der Waals surface area contributed by atoms with Crippen molar-refractivity contribution in [1.29, 1.82) is 0 Å². The van der Waals surface area contributed by atoms with E-state index in [0.717, 1.165) is 26.2 Å². The Hall–Kier alpha value is -1.01. The maximum atomic E-state index is 11.5. The molecule has 0 spiro atoms. The van der Waals surface area contributed by atoms with Crippen molar-refractivity contribution < 1.29 is 4.79 Å². The van der Waals surface area contributed by atoms with Crippen LogP contribution in [0.5, 0.6) is 0 Å². The molecular formula is C10H16N2O. The molecule has 1 rings (SSSR count). The highest BCUT2D eigenvalue weighted by atomic mass is 16.2. The summed E-state index contributed by atoms with van der Waals surface area (Å²) in [5.41, 5.74) is 0. The number of hydrogen-bond acceptors (Lipinski definition) is 2. The van der Waals surface area contributed by atoms with Gasteiger partial charge in [-0.25, -0.2) is 0 Å². The lowest BCUT2D eigenvalue weighted by molar-refractivity contribution is -0.130. The monoisotopic (exact) mass is 180 g/mol. The summed E-state index contributed by atoms with van der Waals surface area (Å²) in [6, 6.07) is 0. The fourth-order valence-electron chi connectivity index (χ4n) is 1.52. The zero-order chi connectivity index (χ0) is 9.68. The van der Waals surface area contributed by atoms with E-state index in [1.165, 1.54) is 0 Å². The molecule has 1 heterocycles. The van der Waals surface area contributed by atoms with Crippen molar-refractivity contribution in [2.45, 2.75) is 13.3 Å². The van der Waals surface area contributed by atoms with Crippen LogP contribution in [-0.2, 0) is 4.79 Å². The average Bonchev–Trinajstić information content (AvgIpc) is 2.30. The molecule has 1 unspecified atom stereocenters. The molecule has 0 bridgehead atoms. The van der Waals surface area contributed by atoms with Crippen molar-refractivity contribution in [3.8, 4) is 12.3 Å². The molecule has 1 atom stereocenters. The molecule has 0 radical (unpaired) electrons. The van der Waals surface area contributed by atoms with E-state index in [1.807, 2.05) is 4.90 Å². The molecule has 1 aliphatic heterocycles. The highest BCUT2D eigenvalue weighted by molar-refractivity contribution is 5.78. The van der Waals surface area contributed by atoms with Crippen LogP contribution in [0, 0.1) is 18.3 Å². The van der Waals surface area contributed by atoms with E-state index in [2.05, 4.69) is 18.2 Å². The fourth-order valence-corrected chi connectivity index (χ4v) is 1.52. The molecule has 0 aromatic heterocycles. The molecule has 0 saturated carbocycles. The topological polar surface area (TPSA) is 32.3 Å². The first kappa shape index (κ1) is 10.1.